The van der Waals surface area contributed by atoms with Crippen molar-refractivity contribution in [2.75, 3.05) is 0 Å². The molecule has 0 fully saturated rings. The summed E-state index contributed by atoms with van der Waals surface area (Å²) >= 11 is 0. The van der Waals surface area contributed by atoms with E-state index in [0.717, 1.165) is 30.3 Å². The maximum atomic E-state index is 13.6. The quantitative estimate of drug-likeness (QED) is 0.684. The molecule has 0 bridgehead atoms. The van der Waals surface area contributed by atoms with Gasteiger partial charge in [0.2, 0.25) is 0 Å². The van der Waals surface area contributed by atoms with Crippen molar-refractivity contribution in [1.82, 2.24) is 0 Å². The summed E-state index contributed by atoms with van der Waals surface area (Å²) in [5, 5.41) is 0. The molecule has 0 spiro atoms. The number of ether oxygens (including phenoxy) is 1. The first-order chi connectivity index (χ1) is 10.2. The van der Waals surface area contributed by atoms with Gasteiger partial charge in [-0.25, -0.2) is 13.2 Å². The van der Waals surface area contributed by atoms with E-state index < -0.39 is 41.2 Å². The van der Waals surface area contributed by atoms with E-state index in [2.05, 4.69) is 4.74 Å². The van der Waals surface area contributed by atoms with E-state index in [4.69, 9.17) is 5.73 Å². The SMILES string of the molecule is N[C@@H](c1ccc(OC(F)(F)F)cc1)c1c(F)ccc(F)c1F. The Kier molecular flexibility index (Phi) is 4.32. The molecule has 0 aliphatic heterocycles. The van der Waals surface area contributed by atoms with Crippen LogP contribution in [0.5, 0.6) is 5.75 Å². The lowest BCUT2D eigenvalue weighted by atomic mass is 9.98. The Hall–Kier alpha value is -2.22. The number of hydrogen-bond acceptors (Lipinski definition) is 2. The van der Waals surface area contributed by atoms with E-state index >= 15 is 0 Å². The molecule has 0 amide bonds. The van der Waals surface area contributed by atoms with Crippen molar-refractivity contribution in [1.29, 1.82) is 0 Å². The van der Waals surface area contributed by atoms with Crippen molar-refractivity contribution in [3.63, 3.8) is 0 Å². The van der Waals surface area contributed by atoms with E-state index in [1.807, 2.05) is 0 Å². The van der Waals surface area contributed by atoms with Crippen LogP contribution in [0, 0.1) is 17.5 Å². The molecule has 0 radical (unpaired) electrons. The molecule has 8 heteroatoms. The molecular formula is C14H9F6NO. The molecule has 22 heavy (non-hydrogen) atoms. The monoisotopic (exact) mass is 321 g/mol. The van der Waals surface area contributed by atoms with Crippen LogP contribution < -0.4 is 10.5 Å². The van der Waals surface area contributed by atoms with E-state index in [9.17, 15) is 26.3 Å². The molecule has 0 aliphatic rings. The molecule has 0 aliphatic carbocycles. The van der Waals surface area contributed by atoms with Crippen molar-refractivity contribution in [2.45, 2.75) is 12.4 Å². The summed E-state index contributed by atoms with van der Waals surface area (Å²) in [5.74, 6) is -4.28. The van der Waals surface area contributed by atoms with Gasteiger partial charge >= 0.3 is 6.36 Å². The Morgan fingerprint density at radius 2 is 1.41 bits per heavy atom. The minimum atomic E-state index is -4.86. The van der Waals surface area contributed by atoms with Crippen LogP contribution in [0.3, 0.4) is 0 Å². The predicted molar refractivity (Wildman–Crippen MR) is 65.5 cm³/mol. The van der Waals surface area contributed by atoms with E-state index in [1.165, 1.54) is 0 Å². The van der Waals surface area contributed by atoms with Crippen LogP contribution in [0.15, 0.2) is 36.4 Å². The molecule has 0 heterocycles. The van der Waals surface area contributed by atoms with Gasteiger partial charge in [0.1, 0.15) is 11.6 Å². The molecular weight excluding hydrogens is 312 g/mol. The Bertz CT molecular complexity index is 668. The van der Waals surface area contributed by atoms with Crippen LogP contribution in [0.4, 0.5) is 26.3 Å². The zero-order valence-electron chi connectivity index (χ0n) is 10.8. The van der Waals surface area contributed by atoms with Crippen LogP contribution >= 0.6 is 0 Å². The molecule has 2 aromatic carbocycles. The van der Waals surface area contributed by atoms with E-state index in [0.29, 0.717) is 6.07 Å². The second kappa shape index (κ2) is 5.88. The lowest BCUT2D eigenvalue weighted by Crippen LogP contribution is -2.18. The summed E-state index contributed by atoms with van der Waals surface area (Å²) in [6, 6.07) is 4.05. The fraction of sp³-hybridized carbons (Fsp3) is 0.143. The lowest BCUT2D eigenvalue weighted by molar-refractivity contribution is -0.274. The molecule has 2 aromatic rings. The van der Waals surface area contributed by atoms with Gasteiger partial charge < -0.3 is 10.5 Å². The zero-order valence-corrected chi connectivity index (χ0v) is 10.8. The van der Waals surface area contributed by atoms with E-state index in [1.54, 1.807) is 0 Å². The van der Waals surface area contributed by atoms with Gasteiger partial charge in [0.15, 0.2) is 11.6 Å². The Morgan fingerprint density at radius 3 is 1.95 bits per heavy atom. The predicted octanol–water partition coefficient (Wildman–Crippen LogP) is 4.05. The third-order valence-electron chi connectivity index (χ3n) is 2.86. The van der Waals surface area contributed by atoms with Gasteiger partial charge in [0.25, 0.3) is 0 Å². The smallest absolute Gasteiger partial charge is 0.406 e. The molecule has 2 N–H and O–H groups in total. The first-order valence-electron chi connectivity index (χ1n) is 5.93. The third kappa shape index (κ3) is 3.51. The van der Waals surface area contributed by atoms with Crippen LogP contribution in [0.25, 0.3) is 0 Å². The number of nitrogens with two attached hydrogens (primary N) is 1. The summed E-state index contributed by atoms with van der Waals surface area (Å²) in [6.07, 6.45) is -4.86. The van der Waals surface area contributed by atoms with E-state index in [-0.39, 0.29) is 5.56 Å². The molecule has 118 valence electrons. The number of hydrogen-bond donors (Lipinski definition) is 1. The molecule has 0 saturated heterocycles. The molecule has 2 rings (SSSR count). The standard InChI is InChI=1S/C14H9F6NO/c15-9-5-6-10(16)12(17)11(9)13(21)7-1-3-8(4-2-7)22-14(18,19)20/h1-6,13H,21H2/t13-/m0/s1. The van der Waals surface area contributed by atoms with Crippen molar-refractivity contribution in [3.05, 3.63) is 65.0 Å². The van der Waals surface area contributed by atoms with Gasteiger partial charge in [-0.1, -0.05) is 12.1 Å². The topological polar surface area (TPSA) is 35.2 Å². The van der Waals surface area contributed by atoms with Gasteiger partial charge in [-0.2, -0.15) is 0 Å². The van der Waals surface area contributed by atoms with Gasteiger partial charge in [-0.05, 0) is 29.8 Å². The summed E-state index contributed by atoms with van der Waals surface area (Å²) in [7, 11) is 0. The molecule has 0 aromatic heterocycles. The van der Waals surface area contributed by atoms with Gasteiger partial charge in [0.05, 0.1) is 6.04 Å². The van der Waals surface area contributed by atoms with Gasteiger partial charge in [-0.3, -0.25) is 0 Å². The van der Waals surface area contributed by atoms with Crippen LogP contribution in [0.2, 0.25) is 0 Å². The summed E-state index contributed by atoms with van der Waals surface area (Å²) in [4.78, 5) is 0. The van der Waals surface area contributed by atoms with Crippen molar-refractivity contribution in [3.8, 4) is 5.75 Å². The fourth-order valence-corrected chi connectivity index (χ4v) is 1.87. The third-order valence-corrected chi connectivity index (χ3v) is 2.86. The summed E-state index contributed by atoms with van der Waals surface area (Å²) in [5.41, 5.74) is 5.05. The van der Waals surface area contributed by atoms with Crippen LogP contribution in [-0.2, 0) is 0 Å². The maximum Gasteiger partial charge on any atom is 0.573 e. The highest BCUT2D eigenvalue weighted by molar-refractivity contribution is 5.36. The Balaban J connectivity index is 2.31. The summed E-state index contributed by atoms with van der Waals surface area (Å²) in [6.45, 7) is 0. The highest BCUT2D eigenvalue weighted by Gasteiger charge is 2.31. The van der Waals surface area contributed by atoms with Crippen molar-refractivity contribution < 1.29 is 31.1 Å². The maximum absolute atomic E-state index is 13.6. The second-order valence-electron chi connectivity index (χ2n) is 4.35. The molecule has 0 saturated carbocycles. The first kappa shape index (κ1) is 16.2. The largest absolute Gasteiger partial charge is 0.573 e. The average molecular weight is 321 g/mol. The minimum Gasteiger partial charge on any atom is -0.406 e. The zero-order chi connectivity index (χ0) is 16.5. The lowest BCUT2D eigenvalue weighted by Gasteiger charge is -2.15. The number of benzene rings is 2. The van der Waals surface area contributed by atoms with Gasteiger partial charge in [0, 0.05) is 5.56 Å². The Labute approximate surface area is 121 Å². The molecule has 0 unspecified atom stereocenters. The number of alkyl halides is 3. The fourth-order valence-electron chi connectivity index (χ4n) is 1.87. The van der Waals surface area contributed by atoms with Crippen molar-refractivity contribution in [2.24, 2.45) is 5.73 Å². The average Bonchev–Trinajstić information content (AvgIpc) is 2.42. The highest BCUT2D eigenvalue weighted by atomic mass is 19.4. The normalized spacial score (nSPS) is 13.0. The minimum absolute atomic E-state index is 0.0953. The van der Waals surface area contributed by atoms with Crippen LogP contribution in [-0.4, -0.2) is 6.36 Å². The summed E-state index contributed by atoms with van der Waals surface area (Å²) < 4.78 is 80.1. The number of halogens is 6. The van der Waals surface area contributed by atoms with Crippen molar-refractivity contribution >= 4 is 0 Å². The molecule has 2 nitrogen and oxygen atoms in total. The second-order valence-corrected chi connectivity index (χ2v) is 4.35. The Morgan fingerprint density at radius 1 is 0.864 bits per heavy atom. The number of rotatable bonds is 3. The highest BCUT2D eigenvalue weighted by Crippen LogP contribution is 2.29. The van der Waals surface area contributed by atoms with Gasteiger partial charge in [-0.15, -0.1) is 13.2 Å². The van der Waals surface area contributed by atoms with Crippen LogP contribution in [0.1, 0.15) is 17.2 Å². The first-order valence-corrected chi connectivity index (χ1v) is 5.93. The molecule has 1 atom stereocenters.